The van der Waals surface area contributed by atoms with Gasteiger partial charge in [-0.3, -0.25) is 15.0 Å². The average Bonchev–Trinajstić information content (AvgIpc) is 3.28. The number of thiophene rings is 1. The van der Waals surface area contributed by atoms with Gasteiger partial charge in [0.2, 0.25) is 5.91 Å². The maximum absolute atomic E-state index is 12.5. The SMILES string of the molecule is N=C1CCCCN1c1ccc(N2CC(NC(=O)c3ccc(Br)s3)CC2=O)cc1. The molecule has 2 aliphatic heterocycles. The molecule has 2 aliphatic rings. The Labute approximate surface area is 176 Å². The van der Waals surface area contributed by atoms with E-state index in [1.165, 1.54) is 11.3 Å². The Hall–Kier alpha value is -2.19. The minimum Gasteiger partial charge on any atom is -0.346 e. The van der Waals surface area contributed by atoms with Gasteiger partial charge < -0.3 is 15.1 Å². The van der Waals surface area contributed by atoms with Crippen LogP contribution in [-0.2, 0) is 4.79 Å². The Bertz CT molecular complexity index is 911. The normalized spacial score (nSPS) is 20.0. The van der Waals surface area contributed by atoms with Gasteiger partial charge in [-0.1, -0.05) is 0 Å². The summed E-state index contributed by atoms with van der Waals surface area (Å²) in [5.74, 6) is 0.518. The van der Waals surface area contributed by atoms with Crippen LogP contribution in [0.3, 0.4) is 0 Å². The number of hydrogen-bond acceptors (Lipinski definition) is 4. The summed E-state index contributed by atoms with van der Waals surface area (Å²) < 4.78 is 0.906. The molecular weight excluding hydrogens is 440 g/mol. The molecule has 0 spiro atoms. The Morgan fingerprint density at radius 3 is 2.46 bits per heavy atom. The molecule has 1 aromatic heterocycles. The van der Waals surface area contributed by atoms with Crippen molar-refractivity contribution in [3.63, 3.8) is 0 Å². The van der Waals surface area contributed by atoms with E-state index in [1.54, 1.807) is 11.0 Å². The number of halogens is 1. The van der Waals surface area contributed by atoms with Gasteiger partial charge in [-0.2, -0.15) is 0 Å². The molecule has 3 heterocycles. The summed E-state index contributed by atoms with van der Waals surface area (Å²) >= 11 is 4.74. The van der Waals surface area contributed by atoms with Crippen LogP contribution in [-0.4, -0.2) is 36.8 Å². The fraction of sp³-hybridized carbons (Fsp3) is 0.350. The highest BCUT2D eigenvalue weighted by atomic mass is 79.9. The second-order valence-electron chi connectivity index (χ2n) is 7.05. The smallest absolute Gasteiger partial charge is 0.261 e. The molecule has 146 valence electrons. The van der Waals surface area contributed by atoms with Crippen molar-refractivity contribution >= 4 is 56.3 Å². The zero-order valence-corrected chi connectivity index (χ0v) is 17.7. The third kappa shape index (κ3) is 3.98. The van der Waals surface area contributed by atoms with Gasteiger partial charge in [-0.05, 0) is 65.2 Å². The number of nitrogens with one attached hydrogen (secondary N) is 2. The number of rotatable bonds is 4. The maximum atomic E-state index is 12.5. The highest BCUT2D eigenvalue weighted by Gasteiger charge is 2.32. The van der Waals surface area contributed by atoms with Gasteiger partial charge in [0.25, 0.3) is 5.91 Å². The van der Waals surface area contributed by atoms with Crippen LogP contribution in [0.1, 0.15) is 35.4 Å². The van der Waals surface area contributed by atoms with Crippen LogP contribution >= 0.6 is 27.3 Å². The van der Waals surface area contributed by atoms with Crippen molar-refractivity contribution in [2.24, 2.45) is 0 Å². The van der Waals surface area contributed by atoms with E-state index in [4.69, 9.17) is 5.41 Å². The Balaban J connectivity index is 1.41. The van der Waals surface area contributed by atoms with Crippen LogP contribution in [0, 0.1) is 5.41 Å². The van der Waals surface area contributed by atoms with E-state index in [2.05, 4.69) is 21.2 Å². The number of carbonyl (C=O) groups is 2. The molecule has 1 aromatic carbocycles. The fourth-order valence-corrected chi connectivity index (χ4v) is 4.97. The number of amides is 2. The van der Waals surface area contributed by atoms with E-state index in [0.29, 0.717) is 23.7 Å². The number of anilines is 2. The molecule has 0 saturated carbocycles. The summed E-state index contributed by atoms with van der Waals surface area (Å²) in [6.07, 6.45) is 3.29. The van der Waals surface area contributed by atoms with Gasteiger partial charge in [0.05, 0.1) is 14.7 Å². The predicted molar refractivity (Wildman–Crippen MR) is 116 cm³/mol. The van der Waals surface area contributed by atoms with Crippen LogP contribution in [0.2, 0.25) is 0 Å². The van der Waals surface area contributed by atoms with Crippen molar-refractivity contribution in [1.82, 2.24) is 5.32 Å². The molecule has 1 unspecified atom stereocenters. The van der Waals surface area contributed by atoms with Crippen LogP contribution in [0.4, 0.5) is 11.4 Å². The fourth-order valence-electron chi connectivity index (χ4n) is 3.68. The van der Waals surface area contributed by atoms with Gasteiger partial charge in [-0.15, -0.1) is 11.3 Å². The van der Waals surface area contributed by atoms with E-state index in [1.807, 2.05) is 35.2 Å². The molecule has 4 rings (SSSR count). The quantitative estimate of drug-likeness (QED) is 0.723. The molecule has 28 heavy (non-hydrogen) atoms. The standard InChI is InChI=1S/C20H21BrN4O2S/c21-17-9-8-16(28-17)20(27)23-13-11-19(26)25(12-13)15-6-4-14(5-7-15)24-10-2-1-3-18(24)22/h4-9,13,22H,1-3,10-12H2,(H,23,27). The first-order valence-corrected chi connectivity index (χ1v) is 10.9. The second kappa shape index (κ2) is 8.05. The molecule has 0 radical (unpaired) electrons. The molecule has 6 nitrogen and oxygen atoms in total. The number of carbonyl (C=O) groups excluding carboxylic acids is 2. The minimum absolute atomic E-state index is 0.0103. The Kier molecular flexibility index (Phi) is 5.50. The lowest BCUT2D eigenvalue weighted by molar-refractivity contribution is -0.117. The van der Waals surface area contributed by atoms with Crippen LogP contribution < -0.4 is 15.1 Å². The molecule has 2 amide bonds. The maximum Gasteiger partial charge on any atom is 0.261 e. The third-order valence-corrected chi connectivity index (χ3v) is 6.72. The summed E-state index contributed by atoms with van der Waals surface area (Å²) in [6.45, 7) is 1.34. The van der Waals surface area contributed by atoms with Gasteiger partial charge in [0, 0.05) is 37.3 Å². The van der Waals surface area contributed by atoms with Crippen molar-refractivity contribution < 1.29 is 9.59 Å². The zero-order chi connectivity index (χ0) is 19.7. The summed E-state index contributed by atoms with van der Waals surface area (Å²) in [7, 11) is 0. The lowest BCUT2D eigenvalue weighted by atomic mass is 10.1. The number of hydrogen-bond donors (Lipinski definition) is 2. The third-order valence-electron chi connectivity index (χ3n) is 5.10. The van der Waals surface area contributed by atoms with Crippen molar-refractivity contribution in [2.45, 2.75) is 31.7 Å². The van der Waals surface area contributed by atoms with Gasteiger partial charge in [-0.25, -0.2) is 0 Å². The van der Waals surface area contributed by atoms with E-state index in [0.717, 1.165) is 41.0 Å². The Morgan fingerprint density at radius 1 is 1.11 bits per heavy atom. The minimum atomic E-state index is -0.198. The average molecular weight is 461 g/mol. The highest BCUT2D eigenvalue weighted by molar-refractivity contribution is 9.11. The lowest BCUT2D eigenvalue weighted by Crippen LogP contribution is -2.37. The lowest BCUT2D eigenvalue weighted by Gasteiger charge is -2.29. The highest BCUT2D eigenvalue weighted by Crippen LogP contribution is 2.27. The Morgan fingerprint density at radius 2 is 1.82 bits per heavy atom. The van der Waals surface area contributed by atoms with Gasteiger partial charge in [0.15, 0.2) is 0 Å². The monoisotopic (exact) mass is 460 g/mol. The van der Waals surface area contributed by atoms with Crippen LogP contribution in [0.5, 0.6) is 0 Å². The van der Waals surface area contributed by atoms with Gasteiger partial charge in [0.1, 0.15) is 5.84 Å². The van der Waals surface area contributed by atoms with E-state index >= 15 is 0 Å². The summed E-state index contributed by atoms with van der Waals surface area (Å²) in [4.78, 5) is 29.2. The number of piperidine rings is 1. The first-order valence-electron chi connectivity index (χ1n) is 9.33. The molecule has 2 saturated heterocycles. The second-order valence-corrected chi connectivity index (χ2v) is 9.52. The van der Waals surface area contributed by atoms with Crippen molar-refractivity contribution in [1.29, 1.82) is 5.41 Å². The number of nitrogens with zero attached hydrogens (tertiary/aromatic N) is 2. The molecule has 0 aliphatic carbocycles. The molecule has 2 fully saturated rings. The van der Waals surface area contributed by atoms with Crippen LogP contribution in [0.15, 0.2) is 40.2 Å². The number of benzene rings is 1. The van der Waals surface area contributed by atoms with Crippen molar-refractivity contribution in [2.75, 3.05) is 22.9 Å². The zero-order valence-electron chi connectivity index (χ0n) is 15.3. The van der Waals surface area contributed by atoms with Crippen molar-refractivity contribution in [3.8, 4) is 0 Å². The molecule has 0 bridgehead atoms. The first kappa shape index (κ1) is 19.1. The van der Waals surface area contributed by atoms with Crippen LogP contribution in [0.25, 0.3) is 0 Å². The summed E-state index contributed by atoms with van der Waals surface area (Å²) in [5, 5.41) is 11.1. The number of amidine groups is 1. The summed E-state index contributed by atoms with van der Waals surface area (Å²) in [5.41, 5.74) is 1.82. The van der Waals surface area contributed by atoms with Gasteiger partial charge >= 0.3 is 0 Å². The molecule has 1 atom stereocenters. The molecule has 8 heteroatoms. The van der Waals surface area contributed by atoms with E-state index in [-0.39, 0.29) is 17.9 Å². The van der Waals surface area contributed by atoms with E-state index < -0.39 is 0 Å². The summed E-state index contributed by atoms with van der Waals surface area (Å²) in [6, 6.07) is 11.2. The topological polar surface area (TPSA) is 76.5 Å². The molecule has 2 aromatic rings. The molecule has 2 N–H and O–H groups in total. The first-order chi connectivity index (χ1) is 13.5. The molecular formula is C20H21BrN4O2S. The largest absolute Gasteiger partial charge is 0.346 e. The van der Waals surface area contributed by atoms with Crippen molar-refractivity contribution in [3.05, 3.63) is 45.1 Å². The predicted octanol–water partition coefficient (Wildman–Crippen LogP) is 4.01. The van der Waals surface area contributed by atoms with E-state index in [9.17, 15) is 9.59 Å².